The largest absolute Gasteiger partial charge is 0.497 e. The number of halogens is 1. The van der Waals surface area contributed by atoms with Crippen LogP contribution in [0.25, 0.3) is 0 Å². The lowest BCUT2D eigenvalue weighted by atomic mass is 10.2. The minimum Gasteiger partial charge on any atom is -0.497 e. The number of hydrogen-bond acceptors (Lipinski definition) is 6. The molecule has 1 aromatic heterocycles. The van der Waals surface area contributed by atoms with Gasteiger partial charge in [0.2, 0.25) is 5.13 Å². The molecule has 0 unspecified atom stereocenters. The van der Waals surface area contributed by atoms with Crippen LogP contribution in [0, 0.1) is 6.92 Å². The molecule has 3 rings (SSSR count). The number of nitrogens with zero attached hydrogens (tertiary/aromatic N) is 2. The van der Waals surface area contributed by atoms with Crippen LogP contribution in [-0.2, 0) is 6.61 Å². The first-order valence-electron chi connectivity index (χ1n) is 7.90. The van der Waals surface area contributed by atoms with Gasteiger partial charge in [-0.2, -0.15) is 5.10 Å². The van der Waals surface area contributed by atoms with Crippen LogP contribution in [0.2, 0.25) is 5.02 Å². The number of rotatable bonds is 7. The number of hydrazone groups is 1. The number of aromatic nitrogens is 1. The van der Waals surface area contributed by atoms with E-state index in [9.17, 15) is 0 Å². The van der Waals surface area contributed by atoms with Crippen molar-refractivity contribution >= 4 is 34.3 Å². The first kappa shape index (κ1) is 18.2. The van der Waals surface area contributed by atoms with Crippen LogP contribution in [0.15, 0.2) is 52.9 Å². The third-order valence-corrected chi connectivity index (χ3v) is 4.58. The fourth-order valence-electron chi connectivity index (χ4n) is 2.24. The predicted octanol–water partition coefficient (Wildman–Crippen LogP) is 5.14. The van der Waals surface area contributed by atoms with Gasteiger partial charge < -0.3 is 9.47 Å². The summed E-state index contributed by atoms with van der Waals surface area (Å²) < 4.78 is 11.2. The molecule has 0 atom stereocenters. The Morgan fingerprint density at radius 3 is 2.92 bits per heavy atom. The van der Waals surface area contributed by atoms with Gasteiger partial charge in [0.1, 0.15) is 18.1 Å². The van der Waals surface area contributed by atoms with Crippen molar-refractivity contribution in [1.29, 1.82) is 0 Å². The standard InChI is InChI=1S/C19H18ClN3O2S/c1-13-12-26-19(22-13)23-21-10-15-9-16(20)6-7-18(15)25-11-14-4-3-5-17(8-14)24-2/h3-10,12H,11H2,1-2H3,(H,22,23). The highest BCUT2D eigenvalue weighted by molar-refractivity contribution is 7.13. The molecule has 0 aliphatic rings. The topological polar surface area (TPSA) is 55.7 Å². The fourth-order valence-corrected chi connectivity index (χ4v) is 3.05. The number of anilines is 1. The van der Waals surface area contributed by atoms with Gasteiger partial charge in [0.15, 0.2) is 0 Å². The molecule has 1 N–H and O–H groups in total. The van der Waals surface area contributed by atoms with E-state index in [4.69, 9.17) is 21.1 Å². The van der Waals surface area contributed by atoms with E-state index in [1.165, 1.54) is 11.3 Å². The molecule has 0 spiro atoms. The van der Waals surface area contributed by atoms with Gasteiger partial charge >= 0.3 is 0 Å². The molecule has 1 heterocycles. The van der Waals surface area contributed by atoms with Gasteiger partial charge in [-0.15, -0.1) is 11.3 Å². The summed E-state index contributed by atoms with van der Waals surface area (Å²) in [4.78, 5) is 4.30. The zero-order valence-electron chi connectivity index (χ0n) is 14.4. The van der Waals surface area contributed by atoms with Crippen molar-refractivity contribution in [1.82, 2.24) is 4.98 Å². The first-order chi connectivity index (χ1) is 12.6. The lowest BCUT2D eigenvalue weighted by molar-refractivity contribution is 0.305. The first-order valence-corrected chi connectivity index (χ1v) is 9.16. The second-order valence-electron chi connectivity index (χ2n) is 5.49. The lowest BCUT2D eigenvalue weighted by Gasteiger charge is -2.10. The minimum absolute atomic E-state index is 0.415. The number of nitrogens with one attached hydrogen (secondary N) is 1. The number of methoxy groups -OCH3 is 1. The number of thiazole rings is 1. The Morgan fingerprint density at radius 2 is 2.15 bits per heavy atom. The van der Waals surface area contributed by atoms with Gasteiger partial charge in [-0.1, -0.05) is 23.7 Å². The Kier molecular flexibility index (Phi) is 6.09. The van der Waals surface area contributed by atoms with E-state index in [0.717, 1.165) is 27.7 Å². The maximum absolute atomic E-state index is 6.11. The Bertz CT molecular complexity index is 911. The molecule has 2 aromatic carbocycles. The third kappa shape index (κ3) is 4.97. The highest BCUT2D eigenvalue weighted by Gasteiger charge is 2.05. The zero-order chi connectivity index (χ0) is 18.4. The molecule has 0 radical (unpaired) electrons. The second-order valence-corrected chi connectivity index (χ2v) is 6.78. The fraction of sp³-hybridized carbons (Fsp3) is 0.158. The second kappa shape index (κ2) is 8.69. The lowest BCUT2D eigenvalue weighted by Crippen LogP contribution is -1.99. The summed E-state index contributed by atoms with van der Waals surface area (Å²) in [5, 5.41) is 7.53. The zero-order valence-corrected chi connectivity index (χ0v) is 16.0. The summed E-state index contributed by atoms with van der Waals surface area (Å²) in [6, 6.07) is 13.2. The van der Waals surface area contributed by atoms with Gasteiger partial charge in [0.05, 0.1) is 19.0 Å². The number of ether oxygens (including phenoxy) is 2. The van der Waals surface area contributed by atoms with Crippen molar-refractivity contribution in [3.8, 4) is 11.5 Å². The number of aryl methyl sites for hydroxylation is 1. The predicted molar refractivity (Wildman–Crippen MR) is 107 cm³/mol. The minimum atomic E-state index is 0.415. The van der Waals surface area contributed by atoms with E-state index in [1.54, 1.807) is 25.5 Å². The van der Waals surface area contributed by atoms with Gasteiger partial charge in [0.25, 0.3) is 0 Å². The summed E-state index contributed by atoms with van der Waals surface area (Å²) in [5.74, 6) is 1.49. The Balaban J connectivity index is 1.70. The Labute approximate surface area is 161 Å². The average molecular weight is 388 g/mol. The van der Waals surface area contributed by atoms with E-state index in [2.05, 4.69) is 15.5 Å². The summed E-state index contributed by atoms with van der Waals surface area (Å²) >= 11 is 7.61. The van der Waals surface area contributed by atoms with E-state index in [-0.39, 0.29) is 0 Å². The van der Waals surface area contributed by atoms with Crippen LogP contribution >= 0.6 is 22.9 Å². The SMILES string of the molecule is COc1cccc(COc2ccc(Cl)cc2C=NNc2nc(C)cs2)c1. The average Bonchev–Trinajstić information content (AvgIpc) is 3.06. The van der Waals surface area contributed by atoms with Crippen LogP contribution < -0.4 is 14.9 Å². The molecule has 0 bridgehead atoms. The quantitative estimate of drug-likeness (QED) is 0.450. The van der Waals surface area contributed by atoms with Crippen LogP contribution in [0.3, 0.4) is 0 Å². The van der Waals surface area contributed by atoms with Crippen LogP contribution in [0.5, 0.6) is 11.5 Å². The van der Waals surface area contributed by atoms with Crippen molar-refractivity contribution < 1.29 is 9.47 Å². The van der Waals surface area contributed by atoms with Crippen molar-refractivity contribution in [2.75, 3.05) is 12.5 Å². The Hall–Kier alpha value is -2.57. The monoisotopic (exact) mass is 387 g/mol. The van der Waals surface area contributed by atoms with Crippen LogP contribution in [0.4, 0.5) is 5.13 Å². The van der Waals surface area contributed by atoms with E-state index in [1.807, 2.05) is 42.6 Å². The van der Waals surface area contributed by atoms with E-state index < -0.39 is 0 Å². The summed E-state index contributed by atoms with van der Waals surface area (Å²) in [6.07, 6.45) is 1.67. The summed E-state index contributed by atoms with van der Waals surface area (Å²) in [5.41, 5.74) is 5.66. The van der Waals surface area contributed by atoms with Crippen molar-refractivity contribution in [3.63, 3.8) is 0 Å². The summed E-state index contributed by atoms with van der Waals surface area (Å²) in [6.45, 7) is 2.35. The molecule has 0 saturated carbocycles. The van der Waals surface area contributed by atoms with Gasteiger partial charge in [-0.3, -0.25) is 5.43 Å². The molecule has 134 valence electrons. The highest BCUT2D eigenvalue weighted by atomic mass is 35.5. The van der Waals surface area contributed by atoms with Gasteiger partial charge in [-0.05, 0) is 42.8 Å². The molecule has 0 aliphatic heterocycles. The van der Waals surface area contributed by atoms with Crippen LogP contribution in [0.1, 0.15) is 16.8 Å². The number of benzene rings is 2. The van der Waals surface area contributed by atoms with Crippen molar-refractivity contribution in [3.05, 3.63) is 69.7 Å². The third-order valence-electron chi connectivity index (χ3n) is 3.48. The normalized spacial score (nSPS) is 10.9. The molecule has 3 aromatic rings. The van der Waals surface area contributed by atoms with E-state index >= 15 is 0 Å². The van der Waals surface area contributed by atoms with Gasteiger partial charge in [-0.25, -0.2) is 4.98 Å². The highest BCUT2D eigenvalue weighted by Crippen LogP contribution is 2.23. The molecule has 5 nitrogen and oxygen atoms in total. The molecule has 0 amide bonds. The number of hydrogen-bond donors (Lipinski definition) is 1. The molecule has 7 heteroatoms. The molecular weight excluding hydrogens is 370 g/mol. The maximum atomic E-state index is 6.11. The summed E-state index contributed by atoms with van der Waals surface area (Å²) in [7, 11) is 1.64. The van der Waals surface area contributed by atoms with Gasteiger partial charge in [0, 0.05) is 16.0 Å². The van der Waals surface area contributed by atoms with Crippen molar-refractivity contribution in [2.45, 2.75) is 13.5 Å². The van der Waals surface area contributed by atoms with E-state index in [0.29, 0.717) is 17.4 Å². The van der Waals surface area contributed by atoms with Crippen LogP contribution in [-0.4, -0.2) is 18.3 Å². The maximum Gasteiger partial charge on any atom is 0.203 e. The molecule has 0 aliphatic carbocycles. The Morgan fingerprint density at radius 1 is 1.27 bits per heavy atom. The van der Waals surface area contributed by atoms with Crippen molar-refractivity contribution in [2.24, 2.45) is 5.10 Å². The smallest absolute Gasteiger partial charge is 0.203 e. The molecule has 26 heavy (non-hydrogen) atoms. The molecule has 0 saturated heterocycles. The molecule has 0 fully saturated rings. The molecular formula is C19H18ClN3O2S.